The molecule has 3 N–H and O–H groups in total. The molecule has 1 rings (SSSR count). The van der Waals surface area contributed by atoms with Crippen LogP contribution >= 0.6 is 0 Å². The molecule has 0 saturated heterocycles. The van der Waals surface area contributed by atoms with Gasteiger partial charge in [-0.25, -0.2) is 0 Å². The molecule has 80 valence electrons. The van der Waals surface area contributed by atoms with E-state index in [4.69, 9.17) is 0 Å². The highest BCUT2D eigenvalue weighted by Crippen LogP contribution is 2.21. The van der Waals surface area contributed by atoms with E-state index in [0.717, 1.165) is 12.7 Å². The second kappa shape index (κ2) is 5.12. The zero-order valence-corrected chi connectivity index (χ0v) is 9.00. The van der Waals surface area contributed by atoms with Crippen LogP contribution < -0.4 is 16.0 Å². The van der Waals surface area contributed by atoms with E-state index in [1.807, 2.05) is 21.1 Å². The van der Waals surface area contributed by atoms with Crippen LogP contribution in [0.15, 0.2) is 11.8 Å². The molecule has 14 heavy (non-hydrogen) atoms. The van der Waals surface area contributed by atoms with Crippen LogP contribution in [0.1, 0.15) is 6.42 Å². The van der Waals surface area contributed by atoms with Gasteiger partial charge in [0.1, 0.15) is 6.29 Å². The molecule has 0 saturated carbocycles. The fraction of sp³-hybridized carbons (Fsp3) is 0.700. The zero-order valence-electron chi connectivity index (χ0n) is 9.00. The first kappa shape index (κ1) is 11.2. The molecule has 3 atom stereocenters. The molecule has 0 aromatic heterocycles. The summed E-state index contributed by atoms with van der Waals surface area (Å²) in [6.45, 7) is 0. The lowest BCUT2D eigenvalue weighted by molar-refractivity contribution is -0.112. The van der Waals surface area contributed by atoms with Gasteiger partial charge >= 0.3 is 0 Å². The Bertz CT molecular complexity index is 227. The first-order chi connectivity index (χ1) is 6.76. The normalized spacial score (nSPS) is 32.2. The van der Waals surface area contributed by atoms with Crippen molar-refractivity contribution < 1.29 is 4.79 Å². The highest BCUT2D eigenvalue weighted by atomic mass is 16.1. The second-order valence-corrected chi connectivity index (χ2v) is 3.57. The molecule has 0 bridgehead atoms. The topological polar surface area (TPSA) is 53.2 Å². The Kier molecular flexibility index (Phi) is 4.10. The van der Waals surface area contributed by atoms with Crippen LogP contribution in [-0.4, -0.2) is 39.5 Å². The van der Waals surface area contributed by atoms with Crippen molar-refractivity contribution in [3.05, 3.63) is 11.8 Å². The van der Waals surface area contributed by atoms with Gasteiger partial charge in [-0.15, -0.1) is 0 Å². The number of carbonyl (C=O) groups excluding carboxylic acids is 1. The maximum Gasteiger partial charge on any atom is 0.126 e. The van der Waals surface area contributed by atoms with Gasteiger partial charge < -0.3 is 20.7 Å². The Morgan fingerprint density at radius 2 is 2.07 bits per heavy atom. The summed E-state index contributed by atoms with van der Waals surface area (Å²) < 4.78 is 0. The number of carbonyl (C=O) groups is 1. The van der Waals surface area contributed by atoms with Crippen molar-refractivity contribution in [2.75, 3.05) is 21.1 Å². The predicted octanol–water partition coefficient (Wildman–Crippen LogP) is -0.515. The highest BCUT2D eigenvalue weighted by molar-refractivity contribution is 5.58. The maximum absolute atomic E-state index is 11.0. The average Bonchev–Trinajstić information content (AvgIpc) is 2.26. The van der Waals surface area contributed by atoms with Crippen LogP contribution in [0.25, 0.3) is 0 Å². The molecule has 0 aromatic rings. The molecular weight excluding hydrogens is 178 g/mol. The van der Waals surface area contributed by atoms with Crippen LogP contribution in [-0.2, 0) is 4.79 Å². The van der Waals surface area contributed by atoms with Crippen molar-refractivity contribution in [1.29, 1.82) is 0 Å². The third-order valence-electron chi connectivity index (χ3n) is 2.88. The molecular formula is C10H19N3O. The van der Waals surface area contributed by atoms with Crippen molar-refractivity contribution in [3.63, 3.8) is 0 Å². The number of hydrogen-bond donors (Lipinski definition) is 3. The van der Waals surface area contributed by atoms with E-state index in [2.05, 4.69) is 22.0 Å². The van der Waals surface area contributed by atoms with E-state index >= 15 is 0 Å². The first-order valence-corrected chi connectivity index (χ1v) is 4.95. The summed E-state index contributed by atoms with van der Waals surface area (Å²) in [6.07, 6.45) is 4.01. The first-order valence-electron chi connectivity index (χ1n) is 4.95. The van der Waals surface area contributed by atoms with Gasteiger partial charge in [-0.2, -0.15) is 0 Å². The number of nitrogens with one attached hydrogen (secondary N) is 3. The van der Waals surface area contributed by atoms with Gasteiger partial charge in [0.25, 0.3) is 0 Å². The Balaban J connectivity index is 2.83. The lowest BCUT2D eigenvalue weighted by Gasteiger charge is -2.33. The largest absolute Gasteiger partial charge is 0.392 e. The van der Waals surface area contributed by atoms with Crippen molar-refractivity contribution in [3.8, 4) is 0 Å². The lowest BCUT2D eigenvalue weighted by atomic mass is 9.84. The number of aldehydes is 1. The molecule has 0 aromatic carbocycles. The maximum atomic E-state index is 11.0. The standard InChI is InChI=1S/C10H19N3O/c1-11-7-4-9(12-2)8(6-14)10(5-7)13-3/h4,6,8-13H,5H2,1-3H3. The van der Waals surface area contributed by atoms with Crippen LogP contribution in [0.2, 0.25) is 0 Å². The smallest absolute Gasteiger partial charge is 0.126 e. The van der Waals surface area contributed by atoms with Crippen molar-refractivity contribution >= 4 is 6.29 Å². The van der Waals surface area contributed by atoms with Gasteiger partial charge in [-0.1, -0.05) is 0 Å². The fourth-order valence-corrected chi connectivity index (χ4v) is 1.95. The molecule has 0 fully saturated rings. The number of likely N-dealkylation sites (N-methyl/N-ethyl adjacent to an activating group) is 1. The summed E-state index contributed by atoms with van der Waals surface area (Å²) in [5.74, 6) is 0.0158. The summed E-state index contributed by atoms with van der Waals surface area (Å²) in [5, 5.41) is 9.47. The average molecular weight is 197 g/mol. The Labute approximate surface area is 85.1 Å². The lowest BCUT2D eigenvalue weighted by Crippen LogP contribution is -2.49. The summed E-state index contributed by atoms with van der Waals surface area (Å²) >= 11 is 0. The van der Waals surface area contributed by atoms with E-state index in [1.54, 1.807) is 0 Å². The third kappa shape index (κ3) is 2.13. The minimum atomic E-state index is 0.0158. The molecule has 0 radical (unpaired) electrons. The summed E-state index contributed by atoms with van der Waals surface area (Å²) in [7, 11) is 5.68. The molecule has 1 aliphatic carbocycles. The van der Waals surface area contributed by atoms with Crippen LogP contribution in [0.4, 0.5) is 0 Å². The molecule has 3 unspecified atom stereocenters. The Hall–Kier alpha value is -0.870. The van der Waals surface area contributed by atoms with Gasteiger partial charge in [-0.3, -0.25) is 0 Å². The quantitative estimate of drug-likeness (QED) is 0.531. The van der Waals surface area contributed by atoms with Crippen molar-refractivity contribution in [1.82, 2.24) is 16.0 Å². The zero-order chi connectivity index (χ0) is 10.6. The van der Waals surface area contributed by atoms with Crippen LogP contribution in [0.5, 0.6) is 0 Å². The summed E-state index contributed by atoms with van der Waals surface area (Å²) in [6, 6.07) is 0.346. The number of hydrogen-bond acceptors (Lipinski definition) is 4. The van der Waals surface area contributed by atoms with Gasteiger partial charge in [0.15, 0.2) is 0 Å². The second-order valence-electron chi connectivity index (χ2n) is 3.57. The van der Waals surface area contributed by atoms with Gasteiger partial charge in [0, 0.05) is 37.2 Å². The molecule has 0 aliphatic heterocycles. The van der Waals surface area contributed by atoms with Gasteiger partial charge in [0.2, 0.25) is 0 Å². The monoisotopic (exact) mass is 197 g/mol. The van der Waals surface area contributed by atoms with Crippen LogP contribution in [0, 0.1) is 5.92 Å². The van der Waals surface area contributed by atoms with E-state index in [0.29, 0.717) is 0 Å². The van der Waals surface area contributed by atoms with E-state index in [-0.39, 0.29) is 18.0 Å². The van der Waals surface area contributed by atoms with Crippen molar-refractivity contribution in [2.45, 2.75) is 18.5 Å². The molecule has 1 aliphatic rings. The van der Waals surface area contributed by atoms with Crippen LogP contribution in [0.3, 0.4) is 0 Å². The van der Waals surface area contributed by atoms with Crippen molar-refractivity contribution in [2.24, 2.45) is 5.92 Å². The van der Waals surface area contributed by atoms with Gasteiger partial charge in [-0.05, 0) is 20.2 Å². The Morgan fingerprint density at radius 3 is 2.50 bits per heavy atom. The minimum Gasteiger partial charge on any atom is -0.392 e. The predicted molar refractivity (Wildman–Crippen MR) is 57.0 cm³/mol. The number of rotatable bonds is 4. The van der Waals surface area contributed by atoms with E-state index in [9.17, 15) is 4.79 Å². The SMILES string of the molecule is CNC1=CC(NC)C(C=O)C(NC)C1. The minimum absolute atomic E-state index is 0.0158. The molecule has 4 heteroatoms. The third-order valence-corrected chi connectivity index (χ3v) is 2.88. The molecule has 4 nitrogen and oxygen atoms in total. The molecule has 0 spiro atoms. The summed E-state index contributed by atoms with van der Waals surface area (Å²) in [5.41, 5.74) is 1.18. The molecule has 0 amide bonds. The fourth-order valence-electron chi connectivity index (χ4n) is 1.95. The van der Waals surface area contributed by atoms with Gasteiger partial charge in [0.05, 0.1) is 0 Å². The van der Waals surface area contributed by atoms with E-state index < -0.39 is 0 Å². The highest BCUT2D eigenvalue weighted by Gasteiger charge is 2.30. The van der Waals surface area contributed by atoms with E-state index in [1.165, 1.54) is 5.70 Å². The summed E-state index contributed by atoms with van der Waals surface area (Å²) in [4.78, 5) is 11.0. The Morgan fingerprint density at radius 1 is 1.36 bits per heavy atom. The molecule has 0 heterocycles.